The second kappa shape index (κ2) is 9.41. The quantitative estimate of drug-likeness (QED) is 0.336. The molecule has 0 saturated carbocycles. The van der Waals surface area contributed by atoms with Gasteiger partial charge in [-0.15, -0.1) is 0 Å². The number of benzene rings is 2. The Hall–Kier alpha value is -3.47. The van der Waals surface area contributed by atoms with E-state index in [4.69, 9.17) is 23.2 Å². The van der Waals surface area contributed by atoms with Gasteiger partial charge in [0.05, 0.1) is 20.6 Å². The van der Waals surface area contributed by atoms with E-state index in [9.17, 15) is 13.2 Å². The van der Waals surface area contributed by atoms with Crippen molar-refractivity contribution in [1.82, 2.24) is 20.2 Å². The maximum atomic E-state index is 12.7. The van der Waals surface area contributed by atoms with Crippen LogP contribution in [0.1, 0.15) is 21.9 Å². The predicted molar refractivity (Wildman–Crippen MR) is 131 cm³/mol. The van der Waals surface area contributed by atoms with Crippen LogP contribution in [0.4, 0.5) is 11.6 Å². The average Bonchev–Trinajstić information content (AvgIpc) is 3.25. The summed E-state index contributed by atoms with van der Waals surface area (Å²) in [5, 5.41) is 10.3. The van der Waals surface area contributed by atoms with Gasteiger partial charge < -0.3 is 5.32 Å². The minimum Gasteiger partial charge on any atom is -0.321 e. The summed E-state index contributed by atoms with van der Waals surface area (Å²) in [6.07, 6.45) is 0. The molecule has 9 nitrogen and oxygen atoms in total. The predicted octanol–water partition coefficient (Wildman–Crippen LogP) is 4.84. The molecule has 0 radical (unpaired) electrons. The zero-order chi connectivity index (χ0) is 24.5. The van der Waals surface area contributed by atoms with Gasteiger partial charge in [-0.05, 0) is 62.4 Å². The van der Waals surface area contributed by atoms with E-state index in [-0.39, 0.29) is 16.5 Å². The Morgan fingerprint density at radius 1 is 0.912 bits per heavy atom. The second-order valence-electron chi connectivity index (χ2n) is 7.35. The number of nitrogens with one attached hydrogen (secondary N) is 3. The van der Waals surface area contributed by atoms with Crippen LogP contribution >= 0.6 is 23.2 Å². The highest BCUT2D eigenvalue weighted by atomic mass is 35.5. The molecular weight excluding hydrogens is 499 g/mol. The molecule has 0 fully saturated rings. The van der Waals surface area contributed by atoms with Crippen LogP contribution in [-0.4, -0.2) is 34.5 Å². The smallest absolute Gasteiger partial charge is 0.273 e. The van der Waals surface area contributed by atoms with Crippen molar-refractivity contribution in [3.05, 3.63) is 81.7 Å². The lowest BCUT2D eigenvalue weighted by Crippen LogP contribution is -2.16. The number of rotatable bonds is 6. The van der Waals surface area contributed by atoms with E-state index in [1.54, 1.807) is 44.2 Å². The first-order valence-electron chi connectivity index (χ1n) is 9.88. The largest absolute Gasteiger partial charge is 0.321 e. The number of aryl methyl sites for hydroxylation is 2. The maximum Gasteiger partial charge on any atom is 0.273 e. The number of anilines is 2. The molecule has 2 aromatic carbocycles. The number of H-pyrrole nitrogens is 1. The summed E-state index contributed by atoms with van der Waals surface area (Å²) in [5.41, 5.74) is 3.11. The average molecular weight is 517 g/mol. The number of hydrogen-bond acceptors (Lipinski definition) is 6. The first-order chi connectivity index (χ1) is 16.1. The third-order valence-corrected chi connectivity index (χ3v) is 6.75. The fraction of sp³-hybridized carbons (Fsp3) is 0.0909. The molecule has 12 heteroatoms. The Balaban J connectivity index is 1.45. The Morgan fingerprint density at radius 3 is 2.24 bits per heavy atom. The second-order valence-corrected chi connectivity index (χ2v) is 9.85. The minimum absolute atomic E-state index is 0.00305. The Labute approximate surface area is 205 Å². The highest BCUT2D eigenvalue weighted by Gasteiger charge is 2.17. The van der Waals surface area contributed by atoms with E-state index < -0.39 is 15.9 Å². The fourth-order valence-corrected chi connectivity index (χ4v) is 4.35. The molecule has 4 aromatic rings. The molecule has 0 aliphatic rings. The van der Waals surface area contributed by atoms with E-state index in [1.165, 1.54) is 24.3 Å². The lowest BCUT2D eigenvalue weighted by Gasteiger charge is -2.09. The molecule has 34 heavy (non-hydrogen) atoms. The van der Waals surface area contributed by atoms with E-state index in [0.717, 1.165) is 0 Å². The Morgan fingerprint density at radius 2 is 1.59 bits per heavy atom. The molecule has 0 bridgehead atoms. The lowest BCUT2D eigenvalue weighted by atomic mass is 10.1. The van der Waals surface area contributed by atoms with Gasteiger partial charge in [-0.3, -0.25) is 9.89 Å². The summed E-state index contributed by atoms with van der Waals surface area (Å²) in [4.78, 5) is 20.8. The maximum absolute atomic E-state index is 12.7. The van der Waals surface area contributed by atoms with Crippen LogP contribution in [0.25, 0.3) is 11.3 Å². The molecule has 0 saturated heterocycles. The molecule has 0 atom stereocenters. The molecule has 0 aliphatic carbocycles. The van der Waals surface area contributed by atoms with Gasteiger partial charge in [-0.2, -0.15) is 5.10 Å². The number of aromatic nitrogens is 4. The van der Waals surface area contributed by atoms with Gasteiger partial charge in [-0.25, -0.2) is 23.1 Å². The zero-order valence-electron chi connectivity index (χ0n) is 17.9. The van der Waals surface area contributed by atoms with Crippen molar-refractivity contribution in [2.45, 2.75) is 18.7 Å². The van der Waals surface area contributed by atoms with Crippen LogP contribution in [0.2, 0.25) is 10.0 Å². The number of aromatic amines is 1. The van der Waals surface area contributed by atoms with Crippen molar-refractivity contribution in [3.8, 4) is 11.3 Å². The monoisotopic (exact) mass is 516 g/mol. The SMILES string of the molecule is Cc1cc(C)nc(NS(=O)(=O)c2ccc(NC(=O)c3cc(-c4ccc(Cl)c(Cl)c4)n[nH]3)cc2)n1. The van der Waals surface area contributed by atoms with Crippen LogP contribution in [0.15, 0.2) is 59.5 Å². The van der Waals surface area contributed by atoms with E-state index in [0.29, 0.717) is 38.4 Å². The summed E-state index contributed by atoms with van der Waals surface area (Å²) in [6.45, 7) is 3.49. The molecule has 174 valence electrons. The molecule has 0 aliphatic heterocycles. The van der Waals surface area contributed by atoms with Crippen LogP contribution in [0.3, 0.4) is 0 Å². The van der Waals surface area contributed by atoms with Crippen LogP contribution in [0, 0.1) is 13.8 Å². The van der Waals surface area contributed by atoms with E-state index >= 15 is 0 Å². The van der Waals surface area contributed by atoms with Gasteiger partial charge >= 0.3 is 0 Å². The van der Waals surface area contributed by atoms with Crippen LogP contribution in [-0.2, 0) is 10.0 Å². The highest BCUT2D eigenvalue weighted by Crippen LogP contribution is 2.28. The van der Waals surface area contributed by atoms with E-state index in [2.05, 4.69) is 30.2 Å². The Bertz CT molecular complexity index is 1470. The molecular formula is C22H18Cl2N6O3S. The lowest BCUT2D eigenvalue weighted by molar-refractivity contribution is 0.102. The summed E-state index contributed by atoms with van der Waals surface area (Å²) < 4.78 is 27.7. The molecule has 0 unspecified atom stereocenters. The van der Waals surface area contributed by atoms with Crippen molar-refractivity contribution >= 4 is 50.8 Å². The molecule has 0 spiro atoms. The number of amides is 1. The van der Waals surface area contributed by atoms with Gasteiger partial charge in [0.2, 0.25) is 5.95 Å². The van der Waals surface area contributed by atoms with E-state index in [1.807, 2.05) is 0 Å². The molecule has 1 amide bonds. The standard InChI is InChI=1S/C22H18Cl2N6O3S/c1-12-9-13(2)26-22(25-12)30-34(32,33)16-6-4-15(5-7-16)27-21(31)20-11-19(28-29-20)14-3-8-17(23)18(24)10-14/h3-11H,1-2H3,(H,27,31)(H,28,29)(H,25,26,30). The summed E-state index contributed by atoms with van der Waals surface area (Å²) in [6, 6.07) is 14.0. The number of hydrogen-bond donors (Lipinski definition) is 3. The topological polar surface area (TPSA) is 130 Å². The third-order valence-electron chi connectivity index (χ3n) is 4.67. The number of sulfonamides is 1. The van der Waals surface area contributed by atoms with Crippen LogP contribution in [0.5, 0.6) is 0 Å². The van der Waals surface area contributed by atoms with Gasteiger partial charge in [0.15, 0.2) is 0 Å². The molecule has 2 aromatic heterocycles. The summed E-state index contributed by atoms with van der Waals surface area (Å²) in [5.74, 6) is -0.455. The van der Waals surface area contributed by atoms with Gasteiger partial charge in [0, 0.05) is 22.6 Å². The van der Waals surface area contributed by atoms with Crippen molar-refractivity contribution in [1.29, 1.82) is 0 Å². The number of carbonyl (C=O) groups excluding carboxylic acids is 1. The number of carbonyl (C=O) groups is 1. The normalized spacial score (nSPS) is 11.3. The number of nitrogens with zero attached hydrogens (tertiary/aromatic N) is 3. The van der Waals surface area contributed by atoms with Crippen LogP contribution < -0.4 is 10.0 Å². The van der Waals surface area contributed by atoms with Crippen molar-refractivity contribution < 1.29 is 13.2 Å². The first kappa shape index (κ1) is 23.7. The molecule has 2 heterocycles. The van der Waals surface area contributed by atoms with Gasteiger partial charge in [0.25, 0.3) is 15.9 Å². The Kier molecular flexibility index (Phi) is 6.56. The highest BCUT2D eigenvalue weighted by molar-refractivity contribution is 7.92. The van der Waals surface area contributed by atoms with Gasteiger partial charge in [0.1, 0.15) is 5.69 Å². The summed E-state index contributed by atoms with van der Waals surface area (Å²) >= 11 is 12.0. The van der Waals surface area contributed by atoms with Gasteiger partial charge in [-0.1, -0.05) is 29.3 Å². The first-order valence-corrected chi connectivity index (χ1v) is 12.1. The third kappa shape index (κ3) is 5.36. The molecule has 3 N–H and O–H groups in total. The summed E-state index contributed by atoms with van der Waals surface area (Å²) in [7, 11) is -3.90. The zero-order valence-corrected chi connectivity index (χ0v) is 20.3. The van der Waals surface area contributed by atoms with Crippen molar-refractivity contribution in [2.75, 3.05) is 10.0 Å². The van der Waals surface area contributed by atoms with Crippen molar-refractivity contribution in [3.63, 3.8) is 0 Å². The van der Waals surface area contributed by atoms with Crippen molar-refractivity contribution in [2.24, 2.45) is 0 Å². The molecule has 4 rings (SSSR count). The fourth-order valence-electron chi connectivity index (χ4n) is 3.11. The number of halogens is 2. The minimum atomic E-state index is -3.90.